The number of nitrogens with zero attached hydrogens (tertiary/aromatic N) is 4. The molecule has 4 rings (SSSR count). The maximum absolute atomic E-state index is 12.6. The molecule has 0 aromatic heterocycles. The monoisotopic (exact) mass is 548 g/mol. The van der Waals surface area contributed by atoms with E-state index in [0.29, 0.717) is 37.4 Å². The second-order valence-corrected chi connectivity index (χ2v) is 9.55. The van der Waals surface area contributed by atoms with Gasteiger partial charge >= 0.3 is 6.03 Å². The van der Waals surface area contributed by atoms with Crippen LogP contribution in [0.15, 0.2) is 72.1 Å². The summed E-state index contributed by atoms with van der Waals surface area (Å²) < 4.78 is 0. The molecule has 40 heavy (non-hydrogen) atoms. The Morgan fingerprint density at radius 1 is 1.10 bits per heavy atom. The number of nitrogens with two attached hydrogens (primary N) is 1. The van der Waals surface area contributed by atoms with E-state index in [1.807, 2.05) is 54.0 Å². The largest absolute Gasteiger partial charge is 0.380 e. The third kappa shape index (κ3) is 6.82. The second-order valence-electron chi connectivity index (χ2n) is 9.55. The molecule has 1 saturated heterocycles. The van der Waals surface area contributed by atoms with E-state index in [9.17, 15) is 19.7 Å². The summed E-state index contributed by atoms with van der Waals surface area (Å²) in [6, 6.07) is 14.5. The summed E-state index contributed by atoms with van der Waals surface area (Å²) in [5.41, 5.74) is 9.05. The number of nitrogens with one attached hydrogen (secondary N) is 3. The number of urea groups is 1. The Kier molecular flexibility index (Phi) is 9.10. The molecule has 212 valence electrons. The smallest absolute Gasteiger partial charge is 0.320 e. The molecule has 0 aliphatic carbocycles. The van der Waals surface area contributed by atoms with Gasteiger partial charge < -0.3 is 36.4 Å². The molecule has 2 heterocycles. The van der Waals surface area contributed by atoms with E-state index in [0.717, 1.165) is 24.5 Å². The Hall–Kier alpha value is -4.74. The van der Waals surface area contributed by atoms with E-state index in [1.165, 1.54) is 12.1 Å². The van der Waals surface area contributed by atoms with Crippen molar-refractivity contribution in [2.75, 3.05) is 49.5 Å². The fourth-order valence-corrected chi connectivity index (χ4v) is 4.77. The maximum atomic E-state index is 12.6. The van der Waals surface area contributed by atoms with Gasteiger partial charge in [-0.15, -0.1) is 0 Å². The topological polar surface area (TPSA) is 149 Å². The van der Waals surface area contributed by atoms with Crippen LogP contribution in [-0.4, -0.2) is 72.1 Å². The van der Waals surface area contributed by atoms with E-state index < -0.39 is 10.8 Å². The lowest BCUT2D eigenvalue weighted by atomic mass is 10.1. The molecule has 0 radical (unpaired) electrons. The summed E-state index contributed by atoms with van der Waals surface area (Å²) in [7, 11) is 0. The minimum Gasteiger partial charge on any atom is -0.380 e. The zero-order chi connectivity index (χ0) is 28.6. The Morgan fingerprint density at radius 3 is 2.42 bits per heavy atom. The quantitative estimate of drug-likeness (QED) is 0.261. The fourth-order valence-electron chi connectivity index (χ4n) is 4.77. The van der Waals surface area contributed by atoms with Crippen LogP contribution in [0.5, 0.6) is 0 Å². The number of piperazine rings is 1. The van der Waals surface area contributed by atoms with Crippen molar-refractivity contribution in [3.8, 4) is 0 Å². The van der Waals surface area contributed by atoms with E-state index in [-0.39, 0.29) is 30.0 Å². The third-order valence-corrected chi connectivity index (χ3v) is 7.04. The highest BCUT2D eigenvalue weighted by atomic mass is 16.6. The molecule has 3 amide bonds. The van der Waals surface area contributed by atoms with Gasteiger partial charge in [0.15, 0.2) is 0 Å². The van der Waals surface area contributed by atoms with Crippen molar-refractivity contribution in [1.29, 1.82) is 0 Å². The molecule has 12 nitrogen and oxygen atoms in total. The van der Waals surface area contributed by atoms with Crippen LogP contribution in [0.4, 0.5) is 21.9 Å². The molecular weight excluding hydrogens is 512 g/mol. The number of nitro benzene ring substituents is 1. The molecule has 2 aromatic rings. The van der Waals surface area contributed by atoms with Crippen molar-refractivity contribution in [3.05, 3.63) is 87.8 Å². The average Bonchev–Trinajstić information content (AvgIpc) is 2.97. The number of rotatable bonds is 10. The first-order chi connectivity index (χ1) is 19.3. The lowest BCUT2D eigenvalue weighted by molar-refractivity contribution is -0.384. The minimum absolute atomic E-state index is 0.00208. The van der Waals surface area contributed by atoms with Crippen LogP contribution in [0.3, 0.4) is 0 Å². The van der Waals surface area contributed by atoms with E-state index >= 15 is 0 Å². The van der Waals surface area contributed by atoms with Crippen molar-refractivity contribution in [3.63, 3.8) is 0 Å². The number of amides is 3. The Balaban J connectivity index is 1.36. The van der Waals surface area contributed by atoms with Gasteiger partial charge in [-0.3, -0.25) is 14.9 Å². The van der Waals surface area contributed by atoms with Crippen molar-refractivity contribution in [2.24, 2.45) is 5.73 Å². The zero-order valence-electron chi connectivity index (χ0n) is 22.8. The van der Waals surface area contributed by atoms with Gasteiger partial charge in [-0.1, -0.05) is 12.1 Å². The summed E-state index contributed by atoms with van der Waals surface area (Å²) in [5, 5.41) is 20.8. The third-order valence-electron chi connectivity index (χ3n) is 7.04. The summed E-state index contributed by atoms with van der Waals surface area (Å²) in [6.45, 7) is 8.62. The van der Waals surface area contributed by atoms with E-state index in [4.69, 9.17) is 5.73 Å². The number of primary amides is 1. The summed E-state index contributed by atoms with van der Waals surface area (Å²) in [5.74, 6) is -0.591. The number of anilines is 2. The fraction of sp³-hybridized carbons (Fsp3) is 0.357. The van der Waals surface area contributed by atoms with E-state index in [1.54, 1.807) is 18.3 Å². The molecular formula is C28H36N8O4. The molecule has 5 N–H and O–H groups in total. The highest BCUT2D eigenvalue weighted by Crippen LogP contribution is 2.22. The minimum atomic E-state index is -0.591. The van der Waals surface area contributed by atoms with Gasteiger partial charge in [0.2, 0.25) is 0 Å². The van der Waals surface area contributed by atoms with Crippen LogP contribution in [0, 0.1) is 10.1 Å². The number of benzene rings is 2. The molecule has 2 aliphatic heterocycles. The first-order valence-corrected chi connectivity index (χ1v) is 13.4. The van der Waals surface area contributed by atoms with Crippen LogP contribution >= 0.6 is 0 Å². The lowest BCUT2D eigenvalue weighted by Crippen LogP contribution is -2.52. The Morgan fingerprint density at radius 2 is 1.80 bits per heavy atom. The molecule has 1 unspecified atom stereocenters. The maximum Gasteiger partial charge on any atom is 0.320 e. The number of carbonyl (C=O) groups is 2. The predicted molar refractivity (Wildman–Crippen MR) is 154 cm³/mol. The first-order valence-electron chi connectivity index (χ1n) is 13.4. The summed E-state index contributed by atoms with van der Waals surface area (Å²) >= 11 is 0. The van der Waals surface area contributed by atoms with Gasteiger partial charge in [0.25, 0.3) is 11.6 Å². The Bertz CT molecular complexity index is 1280. The number of hydrogen-bond acceptors (Lipinski definition) is 8. The Labute approximate surface area is 233 Å². The van der Waals surface area contributed by atoms with Gasteiger partial charge in [-0.25, -0.2) is 4.79 Å². The normalized spacial score (nSPS) is 16.8. The summed E-state index contributed by atoms with van der Waals surface area (Å²) in [6.07, 6.45) is 3.05. The molecule has 1 fully saturated rings. The summed E-state index contributed by atoms with van der Waals surface area (Å²) in [4.78, 5) is 41.3. The van der Waals surface area contributed by atoms with Gasteiger partial charge in [0.05, 0.1) is 10.5 Å². The molecule has 1 atom stereocenters. The number of non-ortho nitro benzene ring substituents is 1. The lowest BCUT2D eigenvalue weighted by Gasteiger charge is -2.38. The SMILES string of the molecule is CCN(CC)C(=O)N1CCN(c2ccc(NC3C=C(NCc4cccc([N+](=O)[O-])c4)C(C(N)=O)=CN3)cc2)CC1. The van der Waals surface area contributed by atoms with E-state index in [2.05, 4.69) is 20.9 Å². The molecule has 2 aliphatic rings. The van der Waals surface area contributed by atoms with Crippen molar-refractivity contribution < 1.29 is 14.5 Å². The highest BCUT2D eigenvalue weighted by Gasteiger charge is 2.24. The van der Waals surface area contributed by atoms with Crippen LogP contribution in [0.1, 0.15) is 19.4 Å². The van der Waals surface area contributed by atoms with Crippen LogP contribution < -0.4 is 26.6 Å². The van der Waals surface area contributed by atoms with Crippen molar-refractivity contribution in [1.82, 2.24) is 20.4 Å². The van der Waals surface area contributed by atoms with Crippen LogP contribution in [0.25, 0.3) is 0 Å². The average molecular weight is 549 g/mol. The first kappa shape index (κ1) is 28.3. The predicted octanol–water partition coefficient (Wildman–Crippen LogP) is 2.56. The molecule has 0 spiro atoms. The number of dihydropyridines is 1. The van der Waals surface area contributed by atoms with Gasteiger partial charge in [-0.05, 0) is 49.8 Å². The number of nitro groups is 1. The van der Waals surface area contributed by atoms with Gasteiger partial charge in [0.1, 0.15) is 6.17 Å². The zero-order valence-corrected chi connectivity index (χ0v) is 22.8. The second kappa shape index (κ2) is 12.9. The van der Waals surface area contributed by atoms with Crippen LogP contribution in [-0.2, 0) is 11.3 Å². The van der Waals surface area contributed by atoms with Gasteiger partial charge in [-0.2, -0.15) is 0 Å². The van der Waals surface area contributed by atoms with Crippen LogP contribution in [0.2, 0.25) is 0 Å². The molecule has 0 bridgehead atoms. The molecule has 12 heteroatoms. The number of hydrogen-bond donors (Lipinski definition) is 4. The standard InChI is InChI=1S/C28H36N8O4/c1-3-33(4-2)28(38)35-14-12-34(13-15-35)22-10-8-21(9-11-22)32-26-17-25(24(19-31-26)27(29)37)30-18-20-6-5-7-23(16-20)36(39)40/h5-11,16-17,19,26,30-32H,3-4,12-15,18H2,1-2H3,(H2,29,37). The van der Waals surface area contributed by atoms with Gasteiger partial charge in [0, 0.05) is 81.2 Å². The van der Waals surface area contributed by atoms with Crippen molar-refractivity contribution >= 4 is 29.0 Å². The number of carbonyl (C=O) groups excluding carboxylic acids is 2. The van der Waals surface area contributed by atoms with Crippen molar-refractivity contribution in [2.45, 2.75) is 26.6 Å². The molecule has 2 aromatic carbocycles. The highest BCUT2D eigenvalue weighted by molar-refractivity contribution is 5.96. The molecule has 0 saturated carbocycles.